The number of hydrogen-bond donors (Lipinski definition) is 1. The first-order valence-corrected chi connectivity index (χ1v) is 14.4. The molecule has 1 unspecified atom stereocenters. The van der Waals surface area contributed by atoms with Gasteiger partial charge in [-0.25, -0.2) is 0 Å². The molecule has 0 aliphatic heterocycles. The van der Waals surface area contributed by atoms with Crippen LogP contribution in [0.2, 0.25) is 39.3 Å². The van der Waals surface area contributed by atoms with E-state index >= 15 is 0 Å². The van der Waals surface area contributed by atoms with E-state index in [0.29, 0.717) is 0 Å². The molecule has 2 rings (SSSR count). The molecule has 1 N–H and O–H groups in total. The van der Waals surface area contributed by atoms with Gasteiger partial charge in [0.1, 0.15) is 0 Å². The number of nitrogens with zero attached hydrogens (tertiary/aromatic N) is 1. The molecular weight excluding hydrogens is 294 g/mol. The zero-order chi connectivity index (χ0) is 16.0. The number of aliphatic carboxylic acids is 1. The molecule has 0 amide bonds. The third-order valence-electron chi connectivity index (χ3n) is 3.89. The molecule has 2 aromatic rings. The molecule has 0 aliphatic rings. The summed E-state index contributed by atoms with van der Waals surface area (Å²) >= 11 is 0. The van der Waals surface area contributed by atoms with E-state index < -0.39 is 22.3 Å². The highest BCUT2D eigenvalue weighted by Crippen LogP contribution is 2.35. The van der Waals surface area contributed by atoms with Crippen LogP contribution >= 0.6 is 0 Å². The van der Waals surface area contributed by atoms with E-state index in [4.69, 9.17) is 0 Å². The van der Waals surface area contributed by atoms with Crippen LogP contribution in [-0.2, 0) is 4.79 Å². The molecule has 3 nitrogen and oxygen atoms in total. The molecule has 5 heteroatoms. The van der Waals surface area contributed by atoms with Gasteiger partial charge < -0.3 is 9.34 Å². The third-order valence-corrected chi connectivity index (χ3v) is 7.99. The van der Waals surface area contributed by atoms with Crippen LogP contribution in [0.4, 0.5) is 0 Å². The van der Waals surface area contributed by atoms with Crippen LogP contribution in [0, 0.1) is 0 Å². The molecular formula is C16H25NO2Si2. The van der Waals surface area contributed by atoms with Crippen LogP contribution in [0.3, 0.4) is 0 Å². The Morgan fingerprint density at radius 1 is 1.10 bits per heavy atom. The van der Waals surface area contributed by atoms with Crippen LogP contribution in [0.1, 0.15) is 11.1 Å². The Kier molecular flexibility index (Phi) is 3.93. The van der Waals surface area contributed by atoms with E-state index in [-0.39, 0.29) is 5.54 Å². The monoisotopic (exact) mass is 319 g/mol. The number of aromatic nitrogens is 1. The molecule has 0 saturated heterocycles. The molecule has 0 spiro atoms. The molecule has 0 saturated carbocycles. The van der Waals surface area contributed by atoms with Crippen molar-refractivity contribution in [1.29, 1.82) is 0 Å². The summed E-state index contributed by atoms with van der Waals surface area (Å²) in [5.74, 6) is -0.687. The lowest BCUT2D eigenvalue weighted by Gasteiger charge is -2.25. The van der Waals surface area contributed by atoms with Crippen molar-refractivity contribution >= 4 is 33.2 Å². The summed E-state index contributed by atoms with van der Waals surface area (Å²) in [6.07, 6.45) is 2.12. The zero-order valence-electron chi connectivity index (χ0n) is 13.8. The maximum Gasteiger partial charge on any atom is 0.308 e. The van der Waals surface area contributed by atoms with Gasteiger partial charge in [0.05, 0.1) is 13.6 Å². The van der Waals surface area contributed by atoms with Gasteiger partial charge in [0.25, 0.3) is 0 Å². The van der Waals surface area contributed by atoms with Crippen molar-refractivity contribution in [3.8, 4) is 0 Å². The van der Waals surface area contributed by atoms with Gasteiger partial charge >= 0.3 is 5.97 Å². The summed E-state index contributed by atoms with van der Waals surface area (Å²) in [4.78, 5) is 11.9. The number of para-hydroxylation sites is 1. The van der Waals surface area contributed by atoms with E-state index in [1.807, 2.05) is 12.1 Å². The number of fused-ring (bicyclic) bond motifs is 1. The quantitative estimate of drug-likeness (QED) is 0.850. The highest BCUT2D eigenvalue weighted by Gasteiger charge is 2.37. The maximum atomic E-state index is 11.9. The zero-order valence-corrected chi connectivity index (χ0v) is 15.8. The Hall–Kier alpha value is -1.34. The summed E-state index contributed by atoms with van der Waals surface area (Å²) in [6, 6.07) is 8.22. The highest BCUT2D eigenvalue weighted by molar-refractivity contribution is 6.80. The predicted molar refractivity (Wildman–Crippen MR) is 94.4 cm³/mol. The number of carboxylic acids is 1. The largest absolute Gasteiger partial charge is 0.481 e. The molecule has 21 heavy (non-hydrogen) atoms. The van der Waals surface area contributed by atoms with Crippen LogP contribution in [0.5, 0.6) is 0 Å². The number of hydrogen-bond acceptors (Lipinski definition) is 1. The van der Waals surface area contributed by atoms with Crippen molar-refractivity contribution in [3.05, 3.63) is 36.0 Å². The van der Waals surface area contributed by atoms with E-state index in [1.165, 1.54) is 5.52 Å². The van der Waals surface area contributed by atoms with Crippen molar-refractivity contribution < 1.29 is 9.90 Å². The van der Waals surface area contributed by atoms with Gasteiger partial charge in [0.2, 0.25) is 0 Å². The Morgan fingerprint density at radius 3 is 2.14 bits per heavy atom. The summed E-state index contributed by atoms with van der Waals surface area (Å²) in [5.41, 5.74) is 1.82. The Balaban J connectivity index is 2.78. The average molecular weight is 320 g/mol. The molecule has 0 aliphatic carbocycles. The number of carboxylic acid groups (broad SMARTS) is 1. The summed E-state index contributed by atoms with van der Waals surface area (Å²) in [7, 11) is -3.43. The predicted octanol–water partition coefficient (Wildman–Crippen LogP) is 4.37. The smallest absolute Gasteiger partial charge is 0.308 e. The Morgan fingerprint density at radius 2 is 1.67 bits per heavy atom. The minimum atomic E-state index is -1.85. The molecule has 1 aromatic heterocycles. The topological polar surface area (TPSA) is 42.2 Å². The van der Waals surface area contributed by atoms with E-state index in [0.717, 1.165) is 10.9 Å². The SMILES string of the molecule is C[Si](C)(C)C(C(=O)O)c1cn([Si](C)(C)C)c2ccccc12. The first-order chi connectivity index (χ1) is 9.53. The molecule has 114 valence electrons. The maximum absolute atomic E-state index is 11.9. The normalized spacial score (nSPS) is 14.4. The first kappa shape index (κ1) is 16.0. The molecule has 1 heterocycles. The third kappa shape index (κ3) is 2.99. The van der Waals surface area contributed by atoms with Crippen molar-refractivity contribution in [2.45, 2.75) is 44.8 Å². The van der Waals surface area contributed by atoms with Gasteiger partial charge in [-0.2, -0.15) is 0 Å². The fourth-order valence-corrected chi connectivity index (χ4v) is 6.31. The minimum Gasteiger partial charge on any atom is -0.481 e. The van der Waals surface area contributed by atoms with Crippen molar-refractivity contribution in [2.75, 3.05) is 0 Å². The fraction of sp³-hybridized carbons (Fsp3) is 0.438. The lowest BCUT2D eigenvalue weighted by molar-refractivity contribution is -0.136. The lowest BCUT2D eigenvalue weighted by Crippen LogP contribution is -2.37. The van der Waals surface area contributed by atoms with E-state index in [2.05, 4.69) is 61.8 Å². The van der Waals surface area contributed by atoms with Crippen molar-refractivity contribution in [1.82, 2.24) is 4.23 Å². The van der Waals surface area contributed by atoms with E-state index in [9.17, 15) is 9.90 Å². The van der Waals surface area contributed by atoms with Crippen molar-refractivity contribution in [3.63, 3.8) is 0 Å². The first-order valence-electron chi connectivity index (χ1n) is 7.37. The van der Waals surface area contributed by atoms with Crippen LogP contribution < -0.4 is 0 Å². The fourth-order valence-electron chi connectivity index (χ4n) is 2.96. The number of benzene rings is 1. The summed E-state index contributed by atoms with van der Waals surface area (Å²) in [5, 5.41) is 10.9. The van der Waals surface area contributed by atoms with Gasteiger partial charge in [0.15, 0.2) is 8.24 Å². The van der Waals surface area contributed by atoms with Crippen molar-refractivity contribution in [2.24, 2.45) is 0 Å². The molecule has 0 fully saturated rings. The summed E-state index contributed by atoms with van der Waals surface area (Å²) < 4.78 is 2.34. The van der Waals surface area contributed by atoms with E-state index in [1.54, 1.807) is 0 Å². The second kappa shape index (κ2) is 5.14. The Labute approximate surface area is 128 Å². The van der Waals surface area contributed by atoms with Gasteiger partial charge in [-0.05, 0) is 17.8 Å². The van der Waals surface area contributed by atoms with Crippen LogP contribution in [0.25, 0.3) is 10.9 Å². The Bertz CT molecular complexity index is 678. The molecule has 1 aromatic carbocycles. The van der Waals surface area contributed by atoms with Gasteiger partial charge in [-0.1, -0.05) is 57.5 Å². The second-order valence-electron chi connectivity index (χ2n) is 7.78. The number of carbonyl (C=O) groups is 1. The highest BCUT2D eigenvalue weighted by atomic mass is 28.3. The van der Waals surface area contributed by atoms with Gasteiger partial charge in [0, 0.05) is 10.9 Å². The van der Waals surface area contributed by atoms with Crippen LogP contribution in [-0.4, -0.2) is 31.6 Å². The number of rotatable bonds is 4. The van der Waals surface area contributed by atoms with Crippen LogP contribution in [0.15, 0.2) is 30.5 Å². The molecule has 0 radical (unpaired) electrons. The molecule has 1 atom stereocenters. The van der Waals surface area contributed by atoms with Gasteiger partial charge in [-0.3, -0.25) is 4.79 Å². The average Bonchev–Trinajstić information content (AvgIpc) is 2.66. The minimum absolute atomic E-state index is 0.361. The standard InChI is InChI=1S/C16H25NO2Si2/c1-20(2,3)15(16(18)19)13-11-17(21(4,5)6)14-10-8-7-9-12(13)14/h7-11,15H,1-6H3,(H,18,19). The summed E-state index contributed by atoms with van der Waals surface area (Å²) in [6.45, 7) is 13.2. The van der Waals surface area contributed by atoms with Gasteiger partial charge in [-0.15, -0.1) is 0 Å². The second-order valence-corrected chi connectivity index (χ2v) is 17.9. The lowest BCUT2D eigenvalue weighted by atomic mass is 10.1. The molecule has 0 bridgehead atoms.